The number of para-hydroxylation sites is 4. The molecular weight excluding hydrogens is 770 g/mol. The highest BCUT2D eigenvalue weighted by molar-refractivity contribution is 9.10. The molecule has 12 rings (SSSR count). The molecule has 0 saturated heterocycles. The largest absolute Gasteiger partial charge is 0.422 e. The van der Waals surface area contributed by atoms with Gasteiger partial charge in [0, 0.05) is 42.5 Å². The lowest BCUT2D eigenvalue weighted by Gasteiger charge is -2.08. The van der Waals surface area contributed by atoms with Gasteiger partial charge in [-0.05, 0) is 95.4 Å². The molecule has 3 heterocycles. The molecule has 0 atom stereocenters. The zero-order valence-corrected chi connectivity index (χ0v) is 32.1. The predicted octanol–water partition coefficient (Wildman–Crippen LogP) is 13.0. The van der Waals surface area contributed by atoms with Crippen LogP contribution >= 0.6 is 15.9 Å². The average Bonchev–Trinajstić information content (AvgIpc) is 3.79. The lowest BCUT2D eigenvalue weighted by molar-refractivity contribution is 0.569. The van der Waals surface area contributed by atoms with E-state index in [1.165, 1.54) is 27.6 Å². The molecule has 3 aromatic heterocycles. The molecule has 1 aliphatic rings. The fourth-order valence-corrected chi connectivity index (χ4v) is 8.42. The highest BCUT2D eigenvalue weighted by atomic mass is 79.9. The topological polar surface area (TPSA) is 65.3 Å². The number of hydrogen-bond acceptors (Lipinski definition) is 4. The van der Waals surface area contributed by atoms with Gasteiger partial charge >= 0.3 is 11.3 Å². The Balaban J connectivity index is 0.000000121. The molecular formula is C51H32BrNO4. The molecule has 5 nitrogen and oxygen atoms in total. The van der Waals surface area contributed by atoms with Crippen molar-refractivity contribution >= 4 is 81.2 Å². The van der Waals surface area contributed by atoms with Gasteiger partial charge < -0.3 is 13.4 Å². The average molecular weight is 803 g/mol. The van der Waals surface area contributed by atoms with Gasteiger partial charge in [0.2, 0.25) is 0 Å². The SMILES string of the molecule is Brc1ccccc1.O=c1oc2ccccc2c2cc3c(cc12)Cc1ccccc1-3.O=c1oc2ccccc2c2cc3c4ccccc4n(-c4ccccc4)c3cc12. The Hall–Kier alpha value is -7.02. The summed E-state index contributed by atoms with van der Waals surface area (Å²) in [5, 5.41) is 7.41. The van der Waals surface area contributed by atoms with Crippen molar-refractivity contribution in [2.45, 2.75) is 6.42 Å². The van der Waals surface area contributed by atoms with Gasteiger partial charge in [0.15, 0.2) is 0 Å². The molecule has 0 fully saturated rings. The van der Waals surface area contributed by atoms with E-state index >= 15 is 0 Å². The van der Waals surface area contributed by atoms with E-state index in [0.29, 0.717) is 21.9 Å². The Bertz CT molecular complexity index is 3440. The van der Waals surface area contributed by atoms with Gasteiger partial charge in [-0.2, -0.15) is 0 Å². The van der Waals surface area contributed by atoms with Crippen molar-refractivity contribution in [2.24, 2.45) is 0 Å². The molecule has 57 heavy (non-hydrogen) atoms. The van der Waals surface area contributed by atoms with Gasteiger partial charge in [0.25, 0.3) is 0 Å². The minimum Gasteiger partial charge on any atom is -0.422 e. The van der Waals surface area contributed by atoms with Crippen LogP contribution in [0.2, 0.25) is 0 Å². The minimum atomic E-state index is -0.305. The van der Waals surface area contributed by atoms with Gasteiger partial charge in [-0.3, -0.25) is 0 Å². The molecule has 0 saturated carbocycles. The zero-order valence-electron chi connectivity index (χ0n) is 30.5. The Morgan fingerprint density at radius 2 is 0.947 bits per heavy atom. The van der Waals surface area contributed by atoms with Crippen molar-refractivity contribution in [3.05, 3.63) is 218 Å². The Morgan fingerprint density at radius 1 is 0.404 bits per heavy atom. The van der Waals surface area contributed by atoms with Crippen molar-refractivity contribution in [2.75, 3.05) is 0 Å². The van der Waals surface area contributed by atoms with Crippen molar-refractivity contribution in [3.63, 3.8) is 0 Å². The summed E-state index contributed by atoms with van der Waals surface area (Å²) >= 11 is 3.31. The van der Waals surface area contributed by atoms with Crippen molar-refractivity contribution < 1.29 is 8.83 Å². The third-order valence-corrected chi connectivity index (χ3v) is 11.2. The number of fused-ring (bicyclic) bond motifs is 12. The van der Waals surface area contributed by atoms with Crippen LogP contribution in [0.15, 0.2) is 205 Å². The molecule has 0 aliphatic heterocycles. The molecule has 272 valence electrons. The Kier molecular flexibility index (Phi) is 8.61. The third kappa shape index (κ3) is 6.11. The second kappa shape index (κ2) is 14.2. The Labute approximate surface area is 334 Å². The summed E-state index contributed by atoms with van der Waals surface area (Å²) in [7, 11) is 0. The minimum absolute atomic E-state index is 0.257. The van der Waals surface area contributed by atoms with Crippen molar-refractivity contribution in [1.82, 2.24) is 4.57 Å². The number of hydrogen-bond donors (Lipinski definition) is 0. The van der Waals surface area contributed by atoms with Crippen LogP contribution in [-0.4, -0.2) is 4.57 Å². The normalized spacial score (nSPS) is 11.7. The summed E-state index contributed by atoms with van der Waals surface area (Å²) in [6, 6.07) is 60.7. The number of aromatic nitrogens is 1. The van der Waals surface area contributed by atoms with E-state index in [0.717, 1.165) is 54.5 Å². The van der Waals surface area contributed by atoms with Crippen LogP contribution in [0.5, 0.6) is 0 Å². The standard InChI is InChI=1S/C25H15NO2.C20H12O2.C6H5Br/c27-25-21-15-23-20(14-19(21)18-11-5-7-13-24(18)28-25)17-10-4-6-12-22(17)26(23)16-8-2-1-3-9-16;21-20-18-10-13-9-12-5-1-2-6-14(12)16(13)11-17(18)15-7-3-4-8-19(15)22-20;7-6-4-2-1-3-5-6/h1-15H;1-8,10-11H,9H2;1-5H. The summed E-state index contributed by atoms with van der Waals surface area (Å²) in [4.78, 5) is 25.0. The van der Waals surface area contributed by atoms with Crippen molar-refractivity contribution in [1.29, 1.82) is 0 Å². The number of benzene rings is 8. The van der Waals surface area contributed by atoms with Gasteiger partial charge in [-0.25, -0.2) is 9.59 Å². The molecule has 0 amide bonds. The molecule has 8 aromatic carbocycles. The molecule has 0 N–H and O–H groups in total. The number of nitrogens with zero attached hydrogens (tertiary/aromatic N) is 1. The molecule has 1 aliphatic carbocycles. The Morgan fingerprint density at radius 3 is 1.61 bits per heavy atom. The number of rotatable bonds is 1. The fourth-order valence-electron chi connectivity index (χ4n) is 8.12. The third-order valence-electron chi connectivity index (χ3n) is 10.7. The fraction of sp³-hybridized carbons (Fsp3) is 0.0196. The second-order valence-electron chi connectivity index (χ2n) is 14.1. The molecule has 0 spiro atoms. The van der Waals surface area contributed by atoms with Crippen LogP contribution in [0.25, 0.3) is 82.1 Å². The lowest BCUT2D eigenvalue weighted by atomic mass is 9.99. The maximum absolute atomic E-state index is 12.7. The predicted molar refractivity (Wildman–Crippen MR) is 237 cm³/mol. The van der Waals surface area contributed by atoms with Gasteiger partial charge in [-0.15, -0.1) is 0 Å². The van der Waals surface area contributed by atoms with E-state index in [-0.39, 0.29) is 11.3 Å². The van der Waals surface area contributed by atoms with Crippen LogP contribution < -0.4 is 11.3 Å². The maximum atomic E-state index is 12.7. The first kappa shape index (κ1) is 34.5. The maximum Gasteiger partial charge on any atom is 0.344 e. The molecule has 0 radical (unpaired) electrons. The van der Waals surface area contributed by atoms with Crippen molar-refractivity contribution in [3.8, 4) is 16.8 Å². The van der Waals surface area contributed by atoms with E-state index in [1.807, 2.05) is 115 Å². The van der Waals surface area contributed by atoms with E-state index in [2.05, 4.69) is 87.2 Å². The summed E-state index contributed by atoms with van der Waals surface area (Å²) in [6.45, 7) is 0. The first-order chi connectivity index (χ1) is 28.0. The van der Waals surface area contributed by atoms with Gasteiger partial charge in [0.05, 0.1) is 21.8 Å². The van der Waals surface area contributed by atoms with Gasteiger partial charge in [-0.1, -0.05) is 131 Å². The van der Waals surface area contributed by atoms with Gasteiger partial charge in [0.1, 0.15) is 11.2 Å². The van der Waals surface area contributed by atoms with E-state index in [9.17, 15) is 9.59 Å². The number of halogens is 1. The second-order valence-corrected chi connectivity index (χ2v) is 15.0. The first-order valence-corrected chi connectivity index (χ1v) is 19.5. The van der Waals surface area contributed by atoms with Crippen LogP contribution in [0.1, 0.15) is 11.1 Å². The van der Waals surface area contributed by atoms with Crippen LogP contribution in [0.4, 0.5) is 0 Å². The molecule has 11 aromatic rings. The van der Waals surface area contributed by atoms with E-state index < -0.39 is 0 Å². The van der Waals surface area contributed by atoms with E-state index in [4.69, 9.17) is 8.83 Å². The first-order valence-electron chi connectivity index (χ1n) is 18.7. The summed E-state index contributed by atoms with van der Waals surface area (Å²) < 4.78 is 14.4. The monoisotopic (exact) mass is 801 g/mol. The highest BCUT2D eigenvalue weighted by Gasteiger charge is 2.21. The zero-order chi connectivity index (χ0) is 38.5. The highest BCUT2D eigenvalue weighted by Crippen LogP contribution is 2.40. The summed E-state index contributed by atoms with van der Waals surface area (Å²) in [5.74, 6) is 0. The van der Waals surface area contributed by atoms with Crippen LogP contribution in [-0.2, 0) is 6.42 Å². The smallest absolute Gasteiger partial charge is 0.344 e. The summed E-state index contributed by atoms with van der Waals surface area (Å²) in [5.41, 5.74) is 8.92. The molecule has 0 bridgehead atoms. The molecule has 0 unspecified atom stereocenters. The summed E-state index contributed by atoms with van der Waals surface area (Å²) in [6.07, 6.45) is 0.883. The molecule has 6 heteroatoms. The van der Waals surface area contributed by atoms with Crippen LogP contribution in [0.3, 0.4) is 0 Å². The quantitative estimate of drug-likeness (QED) is 0.122. The lowest BCUT2D eigenvalue weighted by Crippen LogP contribution is -2.00. The van der Waals surface area contributed by atoms with Crippen LogP contribution in [0, 0.1) is 0 Å². The van der Waals surface area contributed by atoms with E-state index in [1.54, 1.807) is 0 Å².